The normalized spacial score (nSPS) is 12.4. The summed E-state index contributed by atoms with van der Waals surface area (Å²) in [6, 6.07) is 0. The van der Waals surface area contributed by atoms with Gasteiger partial charge in [0.1, 0.15) is 5.00 Å². The minimum absolute atomic E-state index is 0.173. The fraction of sp³-hybridized carbons (Fsp3) is 0.600. The van der Waals surface area contributed by atoms with Crippen LogP contribution in [0.2, 0.25) is 0 Å². The standard InChI is InChI=1S/C10H16N2O3S/c1-6(14-2)4-5-7-12-8(9(11)16-7)10(13)15-3/h6H,4-5,11H2,1-3H3. The molecule has 0 saturated heterocycles. The molecule has 0 fully saturated rings. The summed E-state index contributed by atoms with van der Waals surface area (Å²) in [7, 11) is 2.98. The van der Waals surface area contributed by atoms with Crippen LogP contribution < -0.4 is 5.73 Å². The molecule has 0 spiro atoms. The maximum absolute atomic E-state index is 11.3. The first-order chi connectivity index (χ1) is 7.58. The molecule has 0 aliphatic heterocycles. The van der Waals surface area contributed by atoms with Gasteiger partial charge in [0, 0.05) is 13.5 Å². The number of nitrogens with two attached hydrogens (primary N) is 1. The van der Waals surface area contributed by atoms with Gasteiger partial charge in [-0.15, -0.1) is 11.3 Å². The van der Waals surface area contributed by atoms with E-state index in [2.05, 4.69) is 9.72 Å². The lowest BCUT2D eigenvalue weighted by atomic mass is 10.2. The smallest absolute Gasteiger partial charge is 0.359 e. The average Bonchev–Trinajstić information content (AvgIpc) is 2.66. The van der Waals surface area contributed by atoms with Gasteiger partial charge in [0.2, 0.25) is 0 Å². The van der Waals surface area contributed by atoms with E-state index in [0.717, 1.165) is 17.8 Å². The third-order valence-corrected chi connectivity index (χ3v) is 3.19. The van der Waals surface area contributed by atoms with Crippen molar-refractivity contribution in [2.24, 2.45) is 0 Å². The zero-order valence-corrected chi connectivity index (χ0v) is 10.5. The number of aromatic nitrogens is 1. The molecular formula is C10H16N2O3S. The quantitative estimate of drug-likeness (QED) is 0.794. The summed E-state index contributed by atoms with van der Waals surface area (Å²) >= 11 is 1.32. The van der Waals surface area contributed by atoms with Crippen molar-refractivity contribution in [2.45, 2.75) is 25.9 Å². The van der Waals surface area contributed by atoms with Crippen molar-refractivity contribution >= 4 is 22.3 Å². The van der Waals surface area contributed by atoms with Gasteiger partial charge in [-0.05, 0) is 13.3 Å². The molecule has 0 radical (unpaired) electrons. The Bertz CT molecular complexity index is 365. The highest BCUT2D eigenvalue weighted by Gasteiger charge is 2.16. The van der Waals surface area contributed by atoms with Crippen LogP contribution in [0.1, 0.15) is 28.8 Å². The van der Waals surface area contributed by atoms with Gasteiger partial charge in [-0.1, -0.05) is 0 Å². The predicted molar refractivity (Wildman–Crippen MR) is 62.7 cm³/mol. The zero-order valence-electron chi connectivity index (χ0n) is 9.65. The average molecular weight is 244 g/mol. The van der Waals surface area contributed by atoms with Crippen LogP contribution >= 0.6 is 11.3 Å². The van der Waals surface area contributed by atoms with Gasteiger partial charge in [-0.3, -0.25) is 0 Å². The number of ether oxygens (including phenoxy) is 2. The fourth-order valence-corrected chi connectivity index (χ4v) is 2.01. The maximum atomic E-state index is 11.3. The number of rotatable bonds is 5. The molecule has 6 heteroatoms. The van der Waals surface area contributed by atoms with Crippen molar-refractivity contribution in [3.05, 3.63) is 10.7 Å². The van der Waals surface area contributed by atoms with E-state index in [9.17, 15) is 4.79 Å². The molecule has 1 rings (SSSR count). The number of methoxy groups -OCH3 is 2. The Kier molecular flexibility index (Phi) is 4.70. The number of carbonyl (C=O) groups is 1. The van der Waals surface area contributed by atoms with E-state index in [4.69, 9.17) is 10.5 Å². The second kappa shape index (κ2) is 5.81. The number of thiazole rings is 1. The van der Waals surface area contributed by atoms with E-state index in [1.165, 1.54) is 18.4 Å². The third kappa shape index (κ3) is 3.18. The van der Waals surface area contributed by atoms with Crippen LogP contribution in [0.4, 0.5) is 5.00 Å². The Balaban J connectivity index is 2.66. The van der Waals surface area contributed by atoms with Crippen molar-refractivity contribution in [2.75, 3.05) is 20.0 Å². The van der Waals surface area contributed by atoms with Gasteiger partial charge in [-0.2, -0.15) is 0 Å². The van der Waals surface area contributed by atoms with Crippen molar-refractivity contribution in [1.82, 2.24) is 4.98 Å². The number of anilines is 1. The van der Waals surface area contributed by atoms with Crippen LogP contribution in [0.25, 0.3) is 0 Å². The summed E-state index contributed by atoms with van der Waals surface area (Å²) in [6.07, 6.45) is 1.77. The molecular weight excluding hydrogens is 228 g/mol. The molecule has 0 aliphatic carbocycles. The molecule has 2 N–H and O–H groups in total. The molecule has 1 heterocycles. The Labute approximate surface area is 98.6 Å². The van der Waals surface area contributed by atoms with Crippen LogP contribution in [-0.4, -0.2) is 31.3 Å². The number of esters is 1. The van der Waals surface area contributed by atoms with E-state index in [1.807, 2.05) is 6.92 Å². The summed E-state index contributed by atoms with van der Waals surface area (Å²) < 4.78 is 9.71. The summed E-state index contributed by atoms with van der Waals surface area (Å²) in [5.74, 6) is -0.486. The number of hydrogen-bond donors (Lipinski definition) is 1. The van der Waals surface area contributed by atoms with E-state index < -0.39 is 5.97 Å². The lowest BCUT2D eigenvalue weighted by molar-refractivity contribution is 0.0596. The van der Waals surface area contributed by atoms with Crippen LogP contribution in [0.3, 0.4) is 0 Å². The number of carbonyl (C=O) groups excluding carboxylic acids is 1. The molecule has 5 nitrogen and oxygen atoms in total. The van der Waals surface area contributed by atoms with E-state index in [-0.39, 0.29) is 11.8 Å². The fourth-order valence-electron chi connectivity index (χ4n) is 1.17. The minimum Gasteiger partial charge on any atom is -0.464 e. The Hall–Kier alpha value is -1.14. The molecule has 1 aromatic rings. The molecule has 0 aromatic carbocycles. The molecule has 0 aliphatic rings. The molecule has 0 amide bonds. The van der Waals surface area contributed by atoms with Crippen LogP contribution in [-0.2, 0) is 15.9 Å². The third-order valence-electron chi connectivity index (χ3n) is 2.24. The summed E-state index contributed by atoms with van der Waals surface area (Å²) in [5, 5.41) is 1.24. The number of nitrogens with zero attached hydrogens (tertiary/aromatic N) is 1. The van der Waals surface area contributed by atoms with Crippen molar-refractivity contribution in [1.29, 1.82) is 0 Å². The van der Waals surface area contributed by atoms with Crippen LogP contribution in [0, 0.1) is 0 Å². The molecule has 1 aromatic heterocycles. The number of hydrogen-bond acceptors (Lipinski definition) is 6. The molecule has 0 bridgehead atoms. The number of aryl methyl sites for hydroxylation is 1. The summed E-state index contributed by atoms with van der Waals surface area (Å²) in [4.78, 5) is 15.4. The topological polar surface area (TPSA) is 74.4 Å². The van der Waals surface area contributed by atoms with Gasteiger partial charge in [-0.25, -0.2) is 9.78 Å². The van der Waals surface area contributed by atoms with E-state index in [0.29, 0.717) is 5.00 Å². The summed E-state index contributed by atoms with van der Waals surface area (Å²) in [6.45, 7) is 1.98. The largest absolute Gasteiger partial charge is 0.464 e. The van der Waals surface area contributed by atoms with Gasteiger partial charge < -0.3 is 15.2 Å². The zero-order chi connectivity index (χ0) is 12.1. The highest BCUT2D eigenvalue weighted by atomic mass is 32.1. The van der Waals surface area contributed by atoms with E-state index in [1.54, 1.807) is 7.11 Å². The Morgan fingerprint density at radius 1 is 1.56 bits per heavy atom. The van der Waals surface area contributed by atoms with Gasteiger partial charge in [0.15, 0.2) is 5.69 Å². The van der Waals surface area contributed by atoms with E-state index >= 15 is 0 Å². The second-order valence-corrected chi connectivity index (χ2v) is 4.51. The first-order valence-corrected chi connectivity index (χ1v) is 5.76. The number of nitrogen functional groups attached to an aromatic ring is 1. The molecule has 16 heavy (non-hydrogen) atoms. The maximum Gasteiger partial charge on any atom is 0.359 e. The highest BCUT2D eigenvalue weighted by molar-refractivity contribution is 7.15. The summed E-state index contributed by atoms with van der Waals surface area (Å²) in [5.41, 5.74) is 5.90. The first-order valence-electron chi connectivity index (χ1n) is 4.94. The van der Waals surface area contributed by atoms with Gasteiger partial charge in [0.05, 0.1) is 18.2 Å². The van der Waals surface area contributed by atoms with Crippen LogP contribution in [0.5, 0.6) is 0 Å². The highest BCUT2D eigenvalue weighted by Crippen LogP contribution is 2.23. The minimum atomic E-state index is -0.486. The first kappa shape index (κ1) is 12.9. The van der Waals surface area contributed by atoms with Crippen molar-refractivity contribution < 1.29 is 14.3 Å². The van der Waals surface area contributed by atoms with Gasteiger partial charge >= 0.3 is 5.97 Å². The second-order valence-electron chi connectivity index (χ2n) is 3.40. The van der Waals surface area contributed by atoms with Crippen molar-refractivity contribution in [3.8, 4) is 0 Å². The molecule has 90 valence electrons. The lowest BCUT2D eigenvalue weighted by Gasteiger charge is -2.06. The van der Waals surface area contributed by atoms with Crippen molar-refractivity contribution in [3.63, 3.8) is 0 Å². The Morgan fingerprint density at radius 3 is 2.81 bits per heavy atom. The predicted octanol–water partition coefficient (Wildman–Crippen LogP) is 1.48. The van der Waals surface area contributed by atoms with Gasteiger partial charge in [0.25, 0.3) is 0 Å². The monoisotopic (exact) mass is 244 g/mol. The molecule has 0 saturated carbocycles. The SMILES string of the molecule is COC(=O)c1nc(CCC(C)OC)sc1N. The Morgan fingerprint density at radius 2 is 2.25 bits per heavy atom. The molecule has 1 atom stereocenters. The van der Waals surface area contributed by atoms with Crippen LogP contribution in [0.15, 0.2) is 0 Å². The molecule has 1 unspecified atom stereocenters. The lowest BCUT2D eigenvalue weighted by Crippen LogP contribution is -2.07.